The largest absolute Gasteiger partial charge is 0.491 e. The van der Waals surface area contributed by atoms with Crippen LogP contribution in [0, 0.1) is 0 Å². The number of methoxy groups -OCH3 is 1. The summed E-state index contributed by atoms with van der Waals surface area (Å²) in [5.41, 5.74) is 6.29. The Balaban J connectivity index is 2.82. The number of aliphatic hydroxyl groups is 1. The summed E-state index contributed by atoms with van der Waals surface area (Å²) in [7, 11) is 1.29. The Hall–Kier alpha value is -1.75. The van der Waals surface area contributed by atoms with Gasteiger partial charge in [0.1, 0.15) is 5.75 Å². The van der Waals surface area contributed by atoms with Crippen LogP contribution in [0.1, 0.15) is 16.8 Å². The molecule has 3 N–H and O–H groups in total. The summed E-state index contributed by atoms with van der Waals surface area (Å²) in [5, 5.41) is 8.61. The maximum atomic E-state index is 11.3. The van der Waals surface area contributed by atoms with Crippen LogP contribution in [0.2, 0.25) is 0 Å². The van der Waals surface area contributed by atoms with Gasteiger partial charge in [0.05, 0.1) is 25.0 Å². The minimum absolute atomic E-state index is 0.0522. The van der Waals surface area contributed by atoms with Crippen LogP contribution >= 0.6 is 0 Å². The van der Waals surface area contributed by atoms with E-state index < -0.39 is 5.97 Å². The predicted molar refractivity (Wildman–Crippen MR) is 59.4 cm³/mol. The Morgan fingerprint density at radius 3 is 2.88 bits per heavy atom. The molecule has 0 aliphatic heterocycles. The van der Waals surface area contributed by atoms with Crippen molar-refractivity contribution in [3.8, 4) is 5.75 Å². The van der Waals surface area contributed by atoms with Gasteiger partial charge in [0, 0.05) is 13.0 Å². The molecule has 5 heteroatoms. The SMILES string of the molecule is COC(=O)c1cccc(OCCCO)c1N. The lowest BCUT2D eigenvalue weighted by atomic mass is 10.1. The van der Waals surface area contributed by atoms with Crippen LogP contribution < -0.4 is 10.5 Å². The van der Waals surface area contributed by atoms with E-state index in [4.69, 9.17) is 15.6 Å². The number of rotatable bonds is 5. The highest BCUT2D eigenvalue weighted by Crippen LogP contribution is 2.25. The number of benzene rings is 1. The molecule has 0 amide bonds. The Bertz CT molecular complexity index is 365. The van der Waals surface area contributed by atoms with Gasteiger partial charge in [0.2, 0.25) is 0 Å². The molecule has 0 aliphatic rings. The number of hydrogen-bond acceptors (Lipinski definition) is 5. The molecule has 1 aromatic carbocycles. The summed E-state index contributed by atoms with van der Waals surface area (Å²) in [4.78, 5) is 11.3. The monoisotopic (exact) mass is 225 g/mol. The molecular weight excluding hydrogens is 210 g/mol. The average Bonchev–Trinajstić information content (AvgIpc) is 2.30. The van der Waals surface area contributed by atoms with Gasteiger partial charge in [-0.05, 0) is 12.1 Å². The van der Waals surface area contributed by atoms with Crippen molar-refractivity contribution in [2.24, 2.45) is 0 Å². The lowest BCUT2D eigenvalue weighted by Gasteiger charge is -2.10. The number of ether oxygens (including phenoxy) is 2. The van der Waals surface area contributed by atoms with E-state index in [2.05, 4.69) is 4.74 Å². The van der Waals surface area contributed by atoms with E-state index in [1.54, 1.807) is 18.2 Å². The first-order valence-corrected chi connectivity index (χ1v) is 4.91. The first-order chi connectivity index (χ1) is 7.70. The molecule has 0 saturated heterocycles. The summed E-state index contributed by atoms with van der Waals surface area (Å²) in [5.74, 6) is -0.0681. The smallest absolute Gasteiger partial charge is 0.340 e. The van der Waals surface area contributed by atoms with Gasteiger partial charge in [-0.25, -0.2) is 4.79 Å². The van der Waals surface area contributed by atoms with Crippen LogP contribution in [0.4, 0.5) is 5.69 Å². The molecule has 0 fully saturated rings. The molecule has 0 atom stereocenters. The second kappa shape index (κ2) is 5.97. The molecular formula is C11H15NO4. The third kappa shape index (κ3) is 2.87. The maximum absolute atomic E-state index is 11.3. The maximum Gasteiger partial charge on any atom is 0.340 e. The molecule has 0 spiro atoms. The van der Waals surface area contributed by atoms with Crippen LogP contribution in [-0.4, -0.2) is 31.4 Å². The average molecular weight is 225 g/mol. The van der Waals surface area contributed by atoms with Crippen LogP contribution in [0.3, 0.4) is 0 Å². The van der Waals surface area contributed by atoms with Gasteiger partial charge in [0.25, 0.3) is 0 Å². The molecule has 1 rings (SSSR count). The van der Waals surface area contributed by atoms with Gasteiger partial charge >= 0.3 is 5.97 Å². The number of anilines is 1. The highest BCUT2D eigenvalue weighted by atomic mass is 16.5. The molecule has 0 aliphatic carbocycles. The minimum atomic E-state index is -0.495. The topological polar surface area (TPSA) is 81.8 Å². The van der Waals surface area contributed by atoms with Gasteiger partial charge in [-0.1, -0.05) is 6.07 Å². The van der Waals surface area contributed by atoms with Crippen molar-refractivity contribution in [3.05, 3.63) is 23.8 Å². The fraction of sp³-hybridized carbons (Fsp3) is 0.364. The molecule has 0 saturated carbocycles. The molecule has 0 heterocycles. The molecule has 88 valence electrons. The van der Waals surface area contributed by atoms with Crippen LogP contribution in [-0.2, 0) is 4.74 Å². The molecule has 0 unspecified atom stereocenters. The normalized spacial score (nSPS) is 9.88. The Morgan fingerprint density at radius 1 is 1.50 bits per heavy atom. The Labute approximate surface area is 93.8 Å². The fourth-order valence-corrected chi connectivity index (χ4v) is 1.20. The van der Waals surface area contributed by atoms with Gasteiger partial charge in [-0.15, -0.1) is 0 Å². The number of carbonyl (C=O) groups is 1. The van der Waals surface area contributed by atoms with E-state index in [1.807, 2.05) is 0 Å². The lowest BCUT2D eigenvalue weighted by molar-refractivity contribution is 0.0601. The molecule has 1 aromatic rings. The molecule has 16 heavy (non-hydrogen) atoms. The van der Waals surface area contributed by atoms with Gasteiger partial charge in [-0.2, -0.15) is 0 Å². The summed E-state index contributed by atoms with van der Waals surface area (Å²) >= 11 is 0. The van der Waals surface area contributed by atoms with Crippen molar-refractivity contribution in [1.29, 1.82) is 0 Å². The quantitative estimate of drug-likeness (QED) is 0.440. The van der Waals surface area contributed by atoms with Crippen molar-refractivity contribution >= 4 is 11.7 Å². The van der Waals surface area contributed by atoms with E-state index >= 15 is 0 Å². The first-order valence-electron chi connectivity index (χ1n) is 4.91. The molecule has 5 nitrogen and oxygen atoms in total. The number of nitrogen functional groups attached to an aromatic ring is 1. The van der Waals surface area contributed by atoms with Crippen molar-refractivity contribution < 1.29 is 19.4 Å². The third-order valence-corrected chi connectivity index (χ3v) is 2.03. The number of aliphatic hydroxyl groups excluding tert-OH is 1. The number of esters is 1. The number of nitrogens with two attached hydrogens (primary N) is 1. The van der Waals surface area contributed by atoms with Crippen molar-refractivity contribution in [2.75, 3.05) is 26.1 Å². The summed E-state index contributed by atoms with van der Waals surface area (Å²) in [6.45, 7) is 0.405. The minimum Gasteiger partial charge on any atom is -0.491 e. The Kier molecular flexibility index (Phi) is 4.60. The second-order valence-electron chi connectivity index (χ2n) is 3.13. The molecule has 0 radical (unpaired) electrons. The molecule has 0 aromatic heterocycles. The van der Waals surface area contributed by atoms with E-state index in [0.717, 1.165) is 0 Å². The van der Waals surface area contributed by atoms with E-state index in [9.17, 15) is 4.79 Å². The lowest BCUT2D eigenvalue weighted by Crippen LogP contribution is -2.08. The van der Waals surface area contributed by atoms with E-state index in [0.29, 0.717) is 18.8 Å². The Morgan fingerprint density at radius 2 is 2.25 bits per heavy atom. The standard InChI is InChI=1S/C11H15NO4/c1-15-11(14)8-4-2-5-9(10(8)12)16-7-3-6-13/h2,4-5,13H,3,6-7,12H2,1H3. The van der Waals surface area contributed by atoms with Gasteiger partial charge in [-0.3, -0.25) is 0 Å². The highest BCUT2D eigenvalue weighted by Gasteiger charge is 2.13. The van der Waals surface area contributed by atoms with Crippen LogP contribution in [0.5, 0.6) is 5.75 Å². The zero-order valence-electron chi connectivity index (χ0n) is 9.10. The van der Waals surface area contributed by atoms with Gasteiger partial charge in [0.15, 0.2) is 0 Å². The summed E-state index contributed by atoms with van der Waals surface area (Å²) < 4.78 is 9.90. The number of carbonyl (C=O) groups excluding carboxylic acids is 1. The summed E-state index contributed by atoms with van der Waals surface area (Å²) in [6, 6.07) is 4.90. The fourth-order valence-electron chi connectivity index (χ4n) is 1.20. The number of hydrogen-bond donors (Lipinski definition) is 2. The van der Waals surface area contributed by atoms with E-state index in [1.165, 1.54) is 7.11 Å². The van der Waals surface area contributed by atoms with Crippen molar-refractivity contribution in [1.82, 2.24) is 0 Å². The molecule has 0 bridgehead atoms. The van der Waals surface area contributed by atoms with Crippen molar-refractivity contribution in [2.45, 2.75) is 6.42 Å². The first kappa shape index (κ1) is 12.3. The predicted octanol–water partition coefficient (Wildman–Crippen LogP) is 0.817. The number of para-hydroxylation sites is 1. The third-order valence-electron chi connectivity index (χ3n) is 2.03. The van der Waals surface area contributed by atoms with Crippen LogP contribution in [0.15, 0.2) is 18.2 Å². The van der Waals surface area contributed by atoms with Gasteiger partial charge < -0.3 is 20.3 Å². The zero-order valence-corrected chi connectivity index (χ0v) is 9.10. The second-order valence-corrected chi connectivity index (χ2v) is 3.13. The summed E-state index contributed by atoms with van der Waals surface area (Å²) in [6.07, 6.45) is 0.516. The van der Waals surface area contributed by atoms with E-state index in [-0.39, 0.29) is 17.9 Å². The zero-order chi connectivity index (χ0) is 12.0. The highest BCUT2D eigenvalue weighted by molar-refractivity contribution is 5.96. The van der Waals surface area contributed by atoms with Crippen LogP contribution in [0.25, 0.3) is 0 Å². The van der Waals surface area contributed by atoms with Crippen molar-refractivity contribution in [3.63, 3.8) is 0 Å².